The first kappa shape index (κ1) is 20.2. The molecule has 0 aliphatic carbocycles. The Bertz CT molecular complexity index is 533. The summed E-state index contributed by atoms with van der Waals surface area (Å²) in [5, 5.41) is 0. The van der Waals surface area contributed by atoms with Crippen LogP contribution in [-0.2, 0) is 23.8 Å². The minimum Gasteiger partial charge on any atom is -0.455 e. The van der Waals surface area contributed by atoms with Gasteiger partial charge in [0, 0.05) is 0 Å². The largest absolute Gasteiger partial charge is 0.455 e. The van der Waals surface area contributed by atoms with Gasteiger partial charge in [-0.05, 0) is 31.1 Å². The Morgan fingerprint density at radius 1 is 1.20 bits per heavy atom. The highest BCUT2D eigenvalue weighted by Crippen LogP contribution is 2.49. The van der Waals surface area contributed by atoms with Crippen LogP contribution in [0.25, 0.3) is 0 Å². The second-order valence-corrected chi connectivity index (χ2v) is 9.68. The molecule has 5 atom stereocenters. The minimum atomic E-state index is -0.642. The molecule has 144 valence electrons. The number of carbonyl (C=O) groups is 2. The maximum atomic E-state index is 13.3. The van der Waals surface area contributed by atoms with Crippen LogP contribution in [0.2, 0.25) is 0 Å². The highest BCUT2D eigenvalue weighted by molar-refractivity contribution is 5.78. The molecule has 0 aromatic carbocycles. The van der Waals surface area contributed by atoms with E-state index < -0.39 is 23.7 Å². The average molecular weight is 354 g/mol. The molecule has 0 amide bonds. The number of ether oxygens (including phenoxy) is 3. The first-order valence-electron chi connectivity index (χ1n) is 9.37. The summed E-state index contributed by atoms with van der Waals surface area (Å²) >= 11 is 0. The third-order valence-electron chi connectivity index (χ3n) is 6.32. The Balaban J connectivity index is 2.22. The number of carbonyl (C=O) groups excluding carboxylic acids is 2. The minimum absolute atomic E-state index is 0.0306. The Morgan fingerprint density at radius 2 is 1.80 bits per heavy atom. The molecule has 0 aromatic heterocycles. The molecule has 2 heterocycles. The average Bonchev–Trinajstić information content (AvgIpc) is 2.64. The Labute approximate surface area is 151 Å². The summed E-state index contributed by atoms with van der Waals surface area (Å²) in [5.74, 6) is -0.505. The number of hydrogen-bond acceptors (Lipinski definition) is 5. The molecule has 2 fully saturated rings. The van der Waals surface area contributed by atoms with Crippen molar-refractivity contribution < 1.29 is 23.8 Å². The molecular formula is C20H34O5. The van der Waals surface area contributed by atoms with Gasteiger partial charge in [0.1, 0.15) is 6.10 Å². The van der Waals surface area contributed by atoms with Gasteiger partial charge in [-0.1, -0.05) is 48.0 Å². The highest BCUT2D eigenvalue weighted by Gasteiger charge is 2.55. The van der Waals surface area contributed by atoms with Gasteiger partial charge in [-0.3, -0.25) is 9.59 Å². The first-order chi connectivity index (χ1) is 11.3. The van der Waals surface area contributed by atoms with E-state index in [9.17, 15) is 9.59 Å². The van der Waals surface area contributed by atoms with Gasteiger partial charge in [-0.2, -0.15) is 0 Å². The molecule has 0 aromatic rings. The van der Waals surface area contributed by atoms with Crippen LogP contribution in [0.15, 0.2) is 0 Å². The summed E-state index contributed by atoms with van der Waals surface area (Å²) in [6, 6.07) is 0. The van der Waals surface area contributed by atoms with E-state index >= 15 is 0 Å². The molecule has 0 saturated carbocycles. The summed E-state index contributed by atoms with van der Waals surface area (Å²) in [5.41, 5.74) is -0.868. The van der Waals surface area contributed by atoms with Crippen molar-refractivity contribution in [2.24, 2.45) is 16.2 Å². The third-order valence-corrected chi connectivity index (χ3v) is 6.32. The van der Waals surface area contributed by atoms with E-state index in [1.165, 1.54) is 0 Å². The van der Waals surface area contributed by atoms with Crippen molar-refractivity contribution in [1.82, 2.24) is 0 Å². The number of esters is 2. The van der Waals surface area contributed by atoms with E-state index in [4.69, 9.17) is 14.2 Å². The van der Waals surface area contributed by atoms with E-state index in [-0.39, 0.29) is 35.3 Å². The van der Waals surface area contributed by atoms with Crippen molar-refractivity contribution >= 4 is 11.9 Å². The fraction of sp³-hybridized carbons (Fsp3) is 0.900. The summed E-state index contributed by atoms with van der Waals surface area (Å²) in [6.45, 7) is 16.6. The van der Waals surface area contributed by atoms with Gasteiger partial charge < -0.3 is 14.2 Å². The Morgan fingerprint density at radius 3 is 2.28 bits per heavy atom. The number of fused-ring (bicyclic) bond motifs is 2. The highest BCUT2D eigenvalue weighted by atomic mass is 16.6. The van der Waals surface area contributed by atoms with Gasteiger partial charge in [0.25, 0.3) is 0 Å². The fourth-order valence-electron chi connectivity index (χ4n) is 3.72. The predicted octanol–water partition coefficient (Wildman–Crippen LogP) is 3.88. The zero-order chi connectivity index (χ0) is 19.2. The zero-order valence-corrected chi connectivity index (χ0v) is 17.0. The predicted molar refractivity (Wildman–Crippen MR) is 95.0 cm³/mol. The van der Waals surface area contributed by atoms with E-state index in [0.717, 1.165) is 12.8 Å². The molecule has 5 heteroatoms. The van der Waals surface area contributed by atoms with Crippen LogP contribution >= 0.6 is 0 Å². The Kier molecular flexibility index (Phi) is 5.31. The molecule has 5 nitrogen and oxygen atoms in total. The van der Waals surface area contributed by atoms with Crippen molar-refractivity contribution in [3.8, 4) is 0 Å². The molecule has 0 spiro atoms. The van der Waals surface area contributed by atoms with E-state index in [1.54, 1.807) is 0 Å². The first-order valence-corrected chi connectivity index (χ1v) is 9.37. The summed E-state index contributed by atoms with van der Waals surface area (Å²) in [7, 11) is 0. The normalized spacial score (nSPS) is 32.1. The lowest BCUT2D eigenvalue weighted by Gasteiger charge is -2.45. The Hall–Kier alpha value is -1.10. The van der Waals surface area contributed by atoms with Crippen LogP contribution in [0.3, 0.4) is 0 Å². The van der Waals surface area contributed by atoms with Crippen molar-refractivity contribution in [3.05, 3.63) is 0 Å². The lowest BCUT2D eigenvalue weighted by molar-refractivity contribution is -0.188. The molecule has 0 radical (unpaired) electrons. The van der Waals surface area contributed by atoms with E-state index in [2.05, 4.69) is 41.5 Å². The maximum Gasteiger partial charge on any atom is 0.312 e. The second kappa shape index (κ2) is 6.57. The number of hydrogen-bond donors (Lipinski definition) is 0. The zero-order valence-electron chi connectivity index (χ0n) is 17.0. The van der Waals surface area contributed by atoms with Gasteiger partial charge in [0.2, 0.25) is 0 Å². The van der Waals surface area contributed by atoms with Gasteiger partial charge >= 0.3 is 11.9 Å². The van der Waals surface area contributed by atoms with E-state index in [0.29, 0.717) is 0 Å². The fourth-order valence-corrected chi connectivity index (χ4v) is 3.72. The molecule has 5 unspecified atom stereocenters. The summed E-state index contributed by atoms with van der Waals surface area (Å²) in [6.07, 6.45) is 0.210. The van der Waals surface area contributed by atoms with Crippen molar-refractivity contribution in [1.29, 1.82) is 0 Å². The van der Waals surface area contributed by atoms with E-state index in [1.807, 2.05) is 13.8 Å². The molecule has 2 rings (SSSR count). The second-order valence-electron chi connectivity index (χ2n) is 9.68. The van der Waals surface area contributed by atoms with Crippen molar-refractivity contribution in [2.75, 3.05) is 0 Å². The van der Waals surface area contributed by atoms with Gasteiger partial charge in [-0.15, -0.1) is 0 Å². The summed E-state index contributed by atoms with van der Waals surface area (Å²) in [4.78, 5) is 24.9. The lowest BCUT2D eigenvalue weighted by Crippen LogP contribution is -2.50. The SMILES string of the molecule is CCC(C)(C)CC(C)(C(=O)OC1C2CC(=O)OC1C(C)O2)C(C)(C)C. The summed E-state index contributed by atoms with van der Waals surface area (Å²) < 4.78 is 17.1. The maximum absolute atomic E-state index is 13.3. The van der Waals surface area contributed by atoms with Gasteiger partial charge in [0.15, 0.2) is 12.2 Å². The van der Waals surface area contributed by atoms with Gasteiger partial charge in [0.05, 0.1) is 17.9 Å². The molecular weight excluding hydrogens is 320 g/mol. The molecule has 2 saturated heterocycles. The number of rotatable bonds is 5. The molecule has 2 aliphatic rings. The monoisotopic (exact) mass is 354 g/mol. The van der Waals surface area contributed by atoms with Crippen molar-refractivity contribution in [3.63, 3.8) is 0 Å². The van der Waals surface area contributed by atoms with Crippen LogP contribution in [0.1, 0.15) is 74.7 Å². The molecule has 0 N–H and O–H groups in total. The smallest absolute Gasteiger partial charge is 0.312 e. The van der Waals surface area contributed by atoms with Crippen LogP contribution < -0.4 is 0 Å². The topological polar surface area (TPSA) is 61.8 Å². The standard InChI is InChI=1S/C20H34O5/c1-9-19(6,7)11-20(8,18(3,4)5)17(22)25-16-13-10-14(21)24-15(16)12(2)23-13/h12-13,15-16H,9-11H2,1-8H3. The van der Waals surface area contributed by atoms with Crippen LogP contribution in [0, 0.1) is 16.2 Å². The molecule has 2 aliphatic heterocycles. The molecule has 2 bridgehead atoms. The van der Waals surface area contributed by atoms with Crippen LogP contribution in [-0.4, -0.2) is 36.4 Å². The van der Waals surface area contributed by atoms with Crippen molar-refractivity contribution in [2.45, 2.75) is 99.1 Å². The lowest BCUT2D eigenvalue weighted by atomic mass is 9.60. The van der Waals surface area contributed by atoms with Crippen LogP contribution in [0.5, 0.6) is 0 Å². The third kappa shape index (κ3) is 3.86. The van der Waals surface area contributed by atoms with Crippen LogP contribution in [0.4, 0.5) is 0 Å². The van der Waals surface area contributed by atoms with Gasteiger partial charge in [-0.25, -0.2) is 0 Å². The molecule has 25 heavy (non-hydrogen) atoms. The quantitative estimate of drug-likeness (QED) is 0.701.